The lowest BCUT2D eigenvalue weighted by atomic mass is 10.2. The Labute approximate surface area is 163 Å². The van der Waals surface area contributed by atoms with E-state index in [1.54, 1.807) is 28.9 Å². The number of hydrogen-bond donors (Lipinski definition) is 2. The maximum absolute atomic E-state index is 12.2. The zero-order valence-corrected chi connectivity index (χ0v) is 16.6. The Morgan fingerprint density at radius 2 is 1.93 bits per heavy atom. The van der Waals surface area contributed by atoms with E-state index in [1.165, 1.54) is 6.21 Å². The van der Waals surface area contributed by atoms with Crippen molar-refractivity contribution in [3.05, 3.63) is 66.5 Å². The van der Waals surface area contributed by atoms with Crippen LogP contribution in [-0.2, 0) is 6.54 Å². The van der Waals surface area contributed by atoms with E-state index >= 15 is 0 Å². The lowest BCUT2D eigenvalue weighted by Crippen LogP contribution is -2.31. The van der Waals surface area contributed by atoms with E-state index < -0.39 is 17.1 Å². The Morgan fingerprint density at radius 1 is 1.26 bits per heavy atom. The fraction of sp³-hybridized carbons (Fsp3) is 0.222. The Morgan fingerprint density at radius 3 is 2.52 bits per heavy atom. The zero-order valence-electron chi connectivity index (χ0n) is 15.0. The first-order valence-corrected chi connectivity index (χ1v) is 9.05. The third kappa shape index (κ3) is 3.50. The summed E-state index contributed by atoms with van der Waals surface area (Å²) in [5, 5.41) is 14.9. The van der Waals surface area contributed by atoms with Gasteiger partial charge in [0.25, 0.3) is 5.56 Å². The van der Waals surface area contributed by atoms with Gasteiger partial charge in [0, 0.05) is 17.2 Å². The maximum atomic E-state index is 12.2. The normalized spacial score (nSPS) is 11.4. The van der Waals surface area contributed by atoms with Crippen LogP contribution in [0, 0.1) is 13.8 Å². The van der Waals surface area contributed by atoms with Gasteiger partial charge in [-0.15, -0.1) is 0 Å². The lowest BCUT2D eigenvalue weighted by Gasteiger charge is -2.09. The Hall–Kier alpha value is -2.94. The average molecular weight is 432 g/mol. The van der Waals surface area contributed by atoms with Gasteiger partial charge in [-0.05, 0) is 45.0 Å². The molecular weight excluding hydrogens is 414 g/mol. The van der Waals surface area contributed by atoms with Crippen molar-refractivity contribution < 1.29 is 5.11 Å². The number of H-pyrrole nitrogens is 1. The average Bonchev–Trinajstić information content (AvgIpc) is 2.90. The molecule has 8 nitrogen and oxygen atoms in total. The fourth-order valence-electron chi connectivity index (χ4n) is 2.80. The quantitative estimate of drug-likeness (QED) is 0.619. The second-order valence-corrected chi connectivity index (χ2v) is 6.82. The van der Waals surface area contributed by atoms with Crippen molar-refractivity contribution >= 4 is 27.8 Å². The van der Waals surface area contributed by atoms with Crippen molar-refractivity contribution in [3.8, 4) is 11.6 Å². The highest BCUT2D eigenvalue weighted by molar-refractivity contribution is 9.10. The molecule has 140 valence electrons. The molecule has 1 aromatic carbocycles. The molecule has 0 aliphatic carbocycles. The minimum Gasteiger partial charge on any atom is -0.493 e. The third-order valence-corrected chi connectivity index (χ3v) is 4.70. The molecule has 2 aromatic heterocycles. The molecule has 9 heteroatoms. The van der Waals surface area contributed by atoms with Crippen LogP contribution in [0.4, 0.5) is 5.69 Å². The number of hydrogen-bond acceptors (Lipinski definition) is 5. The van der Waals surface area contributed by atoms with Crippen molar-refractivity contribution in [2.45, 2.75) is 27.3 Å². The summed E-state index contributed by atoms with van der Waals surface area (Å²) in [6.45, 7) is 6.36. The Kier molecular flexibility index (Phi) is 5.13. The van der Waals surface area contributed by atoms with Crippen molar-refractivity contribution in [1.82, 2.24) is 19.3 Å². The molecule has 0 saturated heterocycles. The molecule has 0 amide bonds. The SMILES string of the molecule is CCn1nc(C)c(N=Cc2c(O)n(-c3ccc(Br)cc3)c(=O)[nH]c2=O)c1C. The molecule has 2 heterocycles. The molecule has 0 unspecified atom stereocenters. The summed E-state index contributed by atoms with van der Waals surface area (Å²) in [4.78, 5) is 30.9. The van der Waals surface area contributed by atoms with Gasteiger partial charge in [0.15, 0.2) is 0 Å². The van der Waals surface area contributed by atoms with Gasteiger partial charge in [0.2, 0.25) is 5.88 Å². The number of aromatic amines is 1. The first kappa shape index (κ1) is 18.8. The summed E-state index contributed by atoms with van der Waals surface area (Å²) in [6, 6.07) is 6.74. The van der Waals surface area contributed by atoms with Crippen LogP contribution in [0.15, 0.2) is 43.3 Å². The highest BCUT2D eigenvalue weighted by atomic mass is 79.9. The molecule has 0 saturated carbocycles. The molecule has 0 aliphatic rings. The van der Waals surface area contributed by atoms with Gasteiger partial charge in [-0.3, -0.25) is 19.5 Å². The van der Waals surface area contributed by atoms with Gasteiger partial charge in [-0.25, -0.2) is 9.36 Å². The second kappa shape index (κ2) is 7.36. The van der Waals surface area contributed by atoms with Gasteiger partial charge in [0.1, 0.15) is 11.3 Å². The summed E-state index contributed by atoms with van der Waals surface area (Å²) in [7, 11) is 0. The number of nitrogens with one attached hydrogen (secondary N) is 1. The molecule has 0 radical (unpaired) electrons. The Bertz CT molecular complexity index is 1140. The van der Waals surface area contributed by atoms with E-state index in [0.29, 0.717) is 23.6 Å². The number of nitrogens with zero attached hydrogens (tertiary/aromatic N) is 4. The number of rotatable bonds is 4. The van der Waals surface area contributed by atoms with Crippen LogP contribution >= 0.6 is 15.9 Å². The van der Waals surface area contributed by atoms with E-state index in [0.717, 1.165) is 14.7 Å². The molecular formula is C18H18BrN5O3. The second-order valence-electron chi connectivity index (χ2n) is 5.90. The number of halogens is 1. The molecule has 3 aromatic rings. The standard InChI is InChI=1S/C18H18BrN5O3/c1-4-23-11(3)15(10(2)22-23)20-9-14-16(25)21-18(27)24(17(14)26)13-7-5-12(19)6-8-13/h5-9,26H,4H2,1-3H3,(H,21,25,27). The van der Waals surface area contributed by atoms with Crippen LogP contribution in [0.25, 0.3) is 5.69 Å². The van der Waals surface area contributed by atoms with Crippen molar-refractivity contribution in [1.29, 1.82) is 0 Å². The fourth-order valence-corrected chi connectivity index (χ4v) is 3.06. The number of aromatic nitrogens is 4. The van der Waals surface area contributed by atoms with Crippen LogP contribution in [0.5, 0.6) is 5.88 Å². The van der Waals surface area contributed by atoms with Gasteiger partial charge < -0.3 is 5.11 Å². The molecule has 0 spiro atoms. The third-order valence-electron chi connectivity index (χ3n) is 4.17. The van der Waals surface area contributed by atoms with E-state index in [4.69, 9.17) is 0 Å². The largest absolute Gasteiger partial charge is 0.493 e. The highest BCUT2D eigenvalue weighted by Crippen LogP contribution is 2.23. The number of aromatic hydroxyl groups is 1. The number of aliphatic imine (C=N–C) groups is 1. The summed E-state index contributed by atoms with van der Waals surface area (Å²) in [6.07, 6.45) is 1.25. The van der Waals surface area contributed by atoms with Gasteiger partial charge in [0.05, 0.1) is 17.1 Å². The van der Waals surface area contributed by atoms with E-state index in [-0.39, 0.29) is 5.56 Å². The maximum Gasteiger partial charge on any atom is 0.335 e. The number of benzene rings is 1. The zero-order chi connectivity index (χ0) is 19.7. The number of aryl methyl sites for hydroxylation is 2. The first-order chi connectivity index (χ1) is 12.8. The Balaban J connectivity index is 2.13. The van der Waals surface area contributed by atoms with Gasteiger partial charge >= 0.3 is 5.69 Å². The summed E-state index contributed by atoms with van der Waals surface area (Å²) in [5.74, 6) is -0.479. The van der Waals surface area contributed by atoms with E-state index in [2.05, 4.69) is 31.0 Å². The van der Waals surface area contributed by atoms with Crippen LogP contribution in [0.3, 0.4) is 0 Å². The minimum atomic E-state index is -0.733. The van der Waals surface area contributed by atoms with Crippen molar-refractivity contribution in [2.24, 2.45) is 4.99 Å². The van der Waals surface area contributed by atoms with E-state index in [1.807, 2.05) is 20.8 Å². The predicted molar refractivity (Wildman–Crippen MR) is 107 cm³/mol. The van der Waals surface area contributed by atoms with Crippen LogP contribution in [0.1, 0.15) is 23.9 Å². The van der Waals surface area contributed by atoms with Crippen molar-refractivity contribution in [2.75, 3.05) is 0 Å². The molecule has 0 fully saturated rings. The molecule has 0 atom stereocenters. The predicted octanol–water partition coefficient (Wildman–Crippen LogP) is 2.58. The highest BCUT2D eigenvalue weighted by Gasteiger charge is 2.15. The van der Waals surface area contributed by atoms with Crippen LogP contribution in [0.2, 0.25) is 0 Å². The van der Waals surface area contributed by atoms with Crippen LogP contribution < -0.4 is 11.2 Å². The van der Waals surface area contributed by atoms with Gasteiger partial charge in [-0.2, -0.15) is 5.10 Å². The smallest absolute Gasteiger partial charge is 0.335 e. The molecule has 0 aliphatic heterocycles. The monoisotopic (exact) mass is 431 g/mol. The summed E-state index contributed by atoms with van der Waals surface area (Å²) >= 11 is 3.32. The molecule has 3 rings (SSSR count). The topological polar surface area (TPSA) is 105 Å². The first-order valence-electron chi connectivity index (χ1n) is 8.25. The minimum absolute atomic E-state index is 0.111. The summed E-state index contributed by atoms with van der Waals surface area (Å²) < 4.78 is 3.64. The molecule has 27 heavy (non-hydrogen) atoms. The van der Waals surface area contributed by atoms with Crippen molar-refractivity contribution in [3.63, 3.8) is 0 Å². The molecule has 2 N–H and O–H groups in total. The summed E-state index contributed by atoms with van der Waals surface area (Å²) in [5.41, 5.74) is 1.04. The van der Waals surface area contributed by atoms with E-state index in [9.17, 15) is 14.7 Å². The molecule has 0 bridgehead atoms. The lowest BCUT2D eigenvalue weighted by molar-refractivity contribution is 0.430. The van der Waals surface area contributed by atoms with Crippen LogP contribution in [-0.4, -0.2) is 30.7 Å². The van der Waals surface area contributed by atoms with Gasteiger partial charge in [-0.1, -0.05) is 15.9 Å².